The van der Waals surface area contributed by atoms with Gasteiger partial charge in [0.15, 0.2) is 10.8 Å². The molecule has 28 heavy (non-hydrogen) atoms. The summed E-state index contributed by atoms with van der Waals surface area (Å²) < 4.78 is 12.2. The molecule has 0 amide bonds. The lowest BCUT2D eigenvalue weighted by atomic mass is 9.48. The zero-order valence-electron chi connectivity index (χ0n) is 15.6. The molecule has 4 atom stereocenters. The summed E-state index contributed by atoms with van der Waals surface area (Å²) in [4.78, 5) is 0. The number of ether oxygens (including phenoxy) is 2. The van der Waals surface area contributed by atoms with E-state index in [4.69, 9.17) is 14.9 Å². The SMILES string of the molecule is C/C(=C\c1ccccc1)[C@@H]1O[C@]23CCCC[C@@H]2C(C#N)(C#N)[C@@]1(C#N)C(=N)O3. The van der Waals surface area contributed by atoms with Gasteiger partial charge in [-0.25, -0.2) is 0 Å². The highest BCUT2D eigenvalue weighted by Crippen LogP contribution is 2.66. The van der Waals surface area contributed by atoms with Gasteiger partial charge >= 0.3 is 0 Å². The summed E-state index contributed by atoms with van der Waals surface area (Å²) in [7, 11) is 0. The van der Waals surface area contributed by atoms with Crippen molar-refractivity contribution in [3.05, 3.63) is 41.5 Å². The van der Waals surface area contributed by atoms with E-state index < -0.39 is 28.6 Å². The predicted molar refractivity (Wildman–Crippen MR) is 100 cm³/mol. The van der Waals surface area contributed by atoms with Crippen LogP contribution in [-0.4, -0.2) is 17.8 Å². The second-order valence-electron chi connectivity index (χ2n) is 7.79. The summed E-state index contributed by atoms with van der Waals surface area (Å²) >= 11 is 0. The van der Waals surface area contributed by atoms with Gasteiger partial charge in [0.2, 0.25) is 11.7 Å². The molecular formula is C22H20N4O2. The van der Waals surface area contributed by atoms with Crippen LogP contribution < -0.4 is 0 Å². The third-order valence-electron chi connectivity index (χ3n) is 6.42. The highest BCUT2D eigenvalue weighted by Gasteiger charge is 2.80. The number of hydrogen-bond donors (Lipinski definition) is 1. The van der Waals surface area contributed by atoms with Crippen LogP contribution >= 0.6 is 0 Å². The molecule has 5 rings (SSSR count). The van der Waals surface area contributed by atoms with Crippen LogP contribution in [0.3, 0.4) is 0 Å². The molecule has 140 valence electrons. The molecule has 1 aromatic rings. The van der Waals surface area contributed by atoms with Gasteiger partial charge in [-0.05, 0) is 30.9 Å². The summed E-state index contributed by atoms with van der Waals surface area (Å²) in [6.07, 6.45) is 3.71. The molecule has 1 N–H and O–H groups in total. The van der Waals surface area contributed by atoms with Crippen molar-refractivity contribution in [1.82, 2.24) is 0 Å². The Morgan fingerprint density at radius 1 is 1.14 bits per heavy atom. The maximum absolute atomic E-state index is 10.2. The van der Waals surface area contributed by atoms with Crippen LogP contribution in [0.1, 0.15) is 38.2 Å². The minimum Gasteiger partial charge on any atom is -0.447 e. The largest absolute Gasteiger partial charge is 0.447 e. The molecule has 2 bridgehead atoms. The van der Waals surface area contributed by atoms with E-state index in [1.54, 1.807) is 0 Å². The van der Waals surface area contributed by atoms with Crippen molar-refractivity contribution in [1.29, 1.82) is 21.2 Å². The number of benzene rings is 1. The van der Waals surface area contributed by atoms with Crippen LogP contribution in [-0.2, 0) is 9.47 Å². The molecule has 4 fully saturated rings. The molecule has 0 unspecified atom stereocenters. The van der Waals surface area contributed by atoms with Crippen molar-refractivity contribution >= 4 is 12.0 Å². The van der Waals surface area contributed by atoms with Gasteiger partial charge in [0.25, 0.3) is 0 Å². The van der Waals surface area contributed by atoms with Gasteiger partial charge in [0, 0.05) is 6.42 Å². The standard InChI is InChI=1S/C22H20N4O2/c1-15(11-16-7-3-2-4-8-16)18-21(14-25)19(26)28-22(27-18)10-6-5-9-17(22)20(21,12-23)13-24/h2-4,7-8,11,17-18,26H,5-6,9-10H2,1H3/b15-11+,26-19?/t17-,18+,21-,22+/m1/s1. The molecule has 4 aliphatic rings. The Bertz CT molecular complexity index is 967. The van der Waals surface area contributed by atoms with E-state index in [9.17, 15) is 15.8 Å². The molecule has 1 saturated carbocycles. The van der Waals surface area contributed by atoms with Crippen molar-refractivity contribution in [3.63, 3.8) is 0 Å². The van der Waals surface area contributed by atoms with E-state index in [1.807, 2.05) is 43.3 Å². The van der Waals surface area contributed by atoms with Crippen molar-refractivity contribution in [3.8, 4) is 18.2 Å². The molecule has 3 heterocycles. The normalized spacial score (nSPS) is 35.6. The number of fused-ring (bicyclic) bond motifs is 2. The van der Waals surface area contributed by atoms with Gasteiger partial charge in [0.1, 0.15) is 6.10 Å². The smallest absolute Gasteiger partial charge is 0.218 e. The molecule has 6 nitrogen and oxygen atoms in total. The van der Waals surface area contributed by atoms with E-state index in [2.05, 4.69) is 18.2 Å². The Morgan fingerprint density at radius 3 is 2.50 bits per heavy atom. The zero-order valence-corrected chi connectivity index (χ0v) is 15.6. The zero-order chi connectivity index (χ0) is 20.0. The van der Waals surface area contributed by atoms with Crippen molar-refractivity contribution in [2.24, 2.45) is 16.7 Å². The Labute approximate surface area is 164 Å². The van der Waals surface area contributed by atoms with Gasteiger partial charge < -0.3 is 9.47 Å². The lowest BCUT2D eigenvalue weighted by Gasteiger charge is -2.63. The van der Waals surface area contributed by atoms with Gasteiger partial charge in [-0.3, -0.25) is 5.41 Å². The number of nitriles is 3. The van der Waals surface area contributed by atoms with Gasteiger partial charge in [-0.2, -0.15) is 15.8 Å². The summed E-state index contributed by atoms with van der Waals surface area (Å²) in [5, 5.41) is 39.1. The van der Waals surface area contributed by atoms with E-state index in [0.29, 0.717) is 18.4 Å². The molecular weight excluding hydrogens is 352 g/mol. The van der Waals surface area contributed by atoms with Crippen LogP contribution in [0.15, 0.2) is 35.9 Å². The quantitative estimate of drug-likeness (QED) is 0.845. The lowest BCUT2D eigenvalue weighted by Crippen LogP contribution is -2.76. The first-order chi connectivity index (χ1) is 13.5. The van der Waals surface area contributed by atoms with E-state index in [1.165, 1.54) is 0 Å². The fraction of sp³-hybridized carbons (Fsp3) is 0.455. The first-order valence-corrected chi connectivity index (χ1v) is 9.42. The Kier molecular flexibility index (Phi) is 4.03. The maximum Gasteiger partial charge on any atom is 0.218 e. The third kappa shape index (κ3) is 2.06. The highest BCUT2D eigenvalue weighted by atomic mass is 16.7. The Morgan fingerprint density at radius 2 is 1.86 bits per heavy atom. The number of rotatable bonds is 2. The second-order valence-corrected chi connectivity index (χ2v) is 7.79. The summed E-state index contributed by atoms with van der Waals surface area (Å²) in [6, 6.07) is 16.0. The molecule has 3 saturated heterocycles. The summed E-state index contributed by atoms with van der Waals surface area (Å²) in [6.45, 7) is 1.82. The van der Waals surface area contributed by atoms with Gasteiger partial charge in [-0.15, -0.1) is 0 Å². The number of nitrogens with one attached hydrogen (secondary N) is 1. The van der Waals surface area contributed by atoms with Crippen LogP contribution in [0.2, 0.25) is 0 Å². The van der Waals surface area contributed by atoms with Crippen molar-refractivity contribution in [2.75, 3.05) is 0 Å². The van der Waals surface area contributed by atoms with Crippen LogP contribution in [0.4, 0.5) is 0 Å². The molecule has 1 aliphatic carbocycles. The molecule has 3 aliphatic heterocycles. The van der Waals surface area contributed by atoms with Gasteiger partial charge in [-0.1, -0.05) is 42.8 Å². The first-order valence-electron chi connectivity index (χ1n) is 9.42. The molecule has 1 spiro atoms. The van der Waals surface area contributed by atoms with E-state index in [0.717, 1.165) is 18.4 Å². The fourth-order valence-corrected chi connectivity index (χ4v) is 5.15. The van der Waals surface area contributed by atoms with E-state index in [-0.39, 0.29) is 5.90 Å². The average Bonchev–Trinajstić information content (AvgIpc) is 2.72. The third-order valence-corrected chi connectivity index (χ3v) is 6.42. The monoisotopic (exact) mass is 372 g/mol. The van der Waals surface area contributed by atoms with Crippen molar-refractivity contribution < 1.29 is 9.47 Å². The van der Waals surface area contributed by atoms with Crippen molar-refractivity contribution in [2.45, 2.75) is 44.5 Å². The highest BCUT2D eigenvalue weighted by molar-refractivity contribution is 5.89. The topological polar surface area (TPSA) is 114 Å². The van der Waals surface area contributed by atoms with Crippen LogP contribution in [0.5, 0.6) is 0 Å². The fourth-order valence-electron chi connectivity index (χ4n) is 5.15. The predicted octanol–water partition coefficient (Wildman–Crippen LogP) is 3.93. The summed E-state index contributed by atoms with van der Waals surface area (Å²) in [5.41, 5.74) is -1.87. The second kappa shape index (κ2) is 6.20. The molecule has 0 aromatic heterocycles. The number of nitrogens with zero attached hydrogens (tertiary/aromatic N) is 3. The molecule has 1 aromatic carbocycles. The minimum atomic E-state index is -1.80. The summed E-state index contributed by atoms with van der Waals surface area (Å²) in [5.74, 6) is -2.08. The molecule has 0 radical (unpaired) electrons. The maximum atomic E-state index is 10.2. The molecule has 6 heteroatoms. The average molecular weight is 372 g/mol. The van der Waals surface area contributed by atoms with Gasteiger partial charge in [0.05, 0.1) is 24.1 Å². The first kappa shape index (κ1) is 18.2. The minimum absolute atomic E-state index is 0.326. The Balaban J connectivity index is 1.93. The Hall–Kier alpha value is -3.14. The van der Waals surface area contributed by atoms with Crippen LogP contribution in [0.25, 0.3) is 6.08 Å². The number of hydrogen-bond acceptors (Lipinski definition) is 6. The van der Waals surface area contributed by atoms with E-state index >= 15 is 0 Å². The lowest BCUT2D eigenvalue weighted by molar-refractivity contribution is -0.349. The van der Waals surface area contributed by atoms with Crippen LogP contribution in [0, 0.1) is 56.2 Å².